The van der Waals surface area contributed by atoms with Gasteiger partial charge >= 0.3 is 0 Å². The van der Waals surface area contributed by atoms with Gasteiger partial charge in [-0.1, -0.05) is 35.5 Å². The average Bonchev–Trinajstić information content (AvgIpc) is 2.84. The zero-order chi connectivity index (χ0) is 24.5. The van der Waals surface area contributed by atoms with Crippen LogP contribution in [0, 0.1) is 26.6 Å². The molecular weight excluding hydrogens is 461 g/mol. The number of nitrogens with one attached hydrogen (secondary N) is 1. The average molecular weight is 486 g/mol. The van der Waals surface area contributed by atoms with E-state index in [1.165, 1.54) is 29.5 Å². The lowest BCUT2D eigenvalue weighted by atomic mass is 10.0. The quantitative estimate of drug-likeness (QED) is 0.223. The molecule has 1 aliphatic rings. The molecular formula is C28H24FN3O2S. The van der Waals surface area contributed by atoms with E-state index < -0.39 is 0 Å². The van der Waals surface area contributed by atoms with Gasteiger partial charge in [-0.2, -0.15) is 4.98 Å². The molecule has 0 unspecified atom stereocenters. The fourth-order valence-corrected chi connectivity index (χ4v) is 4.74. The van der Waals surface area contributed by atoms with E-state index in [2.05, 4.69) is 16.4 Å². The molecule has 0 atom stereocenters. The van der Waals surface area contributed by atoms with E-state index in [9.17, 15) is 9.18 Å². The van der Waals surface area contributed by atoms with Gasteiger partial charge in [0.25, 0.3) is 0 Å². The summed E-state index contributed by atoms with van der Waals surface area (Å²) in [6.07, 6.45) is 0.608. The monoisotopic (exact) mass is 485 g/mol. The van der Waals surface area contributed by atoms with Gasteiger partial charge in [-0.15, -0.1) is 0 Å². The number of thioether (sulfide) groups is 1. The highest BCUT2D eigenvalue weighted by molar-refractivity contribution is 8.00. The van der Waals surface area contributed by atoms with Crippen molar-refractivity contribution in [1.29, 1.82) is 0 Å². The molecule has 0 saturated heterocycles. The maximum Gasteiger partial charge on any atom is 0.234 e. The van der Waals surface area contributed by atoms with Crippen LogP contribution in [0.25, 0.3) is 11.4 Å². The summed E-state index contributed by atoms with van der Waals surface area (Å²) >= 11 is 1.34. The number of carbonyl (C=O) groups excluding carboxylic acids is 1. The molecule has 0 bridgehead atoms. The summed E-state index contributed by atoms with van der Waals surface area (Å²) in [6, 6.07) is 17.9. The number of halogens is 1. The van der Waals surface area contributed by atoms with Crippen molar-refractivity contribution in [3.05, 3.63) is 94.3 Å². The Hall–Kier alpha value is -3.71. The van der Waals surface area contributed by atoms with Gasteiger partial charge in [-0.05, 0) is 79.9 Å². The Bertz CT molecular complexity index is 1440. The Kier molecular flexibility index (Phi) is 6.26. The number of carbonyl (C=O) groups is 1. The molecule has 1 aromatic heterocycles. The number of ether oxygens (including phenoxy) is 1. The Labute approximate surface area is 207 Å². The molecule has 0 saturated carbocycles. The Morgan fingerprint density at radius 3 is 2.57 bits per heavy atom. The number of rotatable bonds is 5. The van der Waals surface area contributed by atoms with Crippen molar-refractivity contribution in [2.24, 2.45) is 0 Å². The molecule has 5 rings (SSSR count). The number of hydrogen-bond acceptors (Lipinski definition) is 5. The second-order valence-electron chi connectivity index (χ2n) is 8.67. The number of hydrogen-bond donors (Lipinski definition) is 1. The number of aryl methyl sites for hydroxylation is 3. The molecule has 0 fully saturated rings. The van der Waals surface area contributed by atoms with Crippen molar-refractivity contribution in [1.82, 2.24) is 9.97 Å². The van der Waals surface area contributed by atoms with Crippen molar-refractivity contribution in [3.63, 3.8) is 0 Å². The Morgan fingerprint density at radius 1 is 1.00 bits per heavy atom. The molecule has 4 aromatic rings. The maximum absolute atomic E-state index is 13.5. The lowest BCUT2D eigenvalue weighted by Gasteiger charge is -2.22. The summed E-state index contributed by atoms with van der Waals surface area (Å²) in [6.45, 7) is 6.09. The summed E-state index contributed by atoms with van der Waals surface area (Å²) < 4.78 is 19.6. The molecule has 0 spiro atoms. The van der Waals surface area contributed by atoms with Gasteiger partial charge in [0.15, 0.2) is 5.82 Å². The molecule has 5 nitrogen and oxygen atoms in total. The third-order valence-corrected chi connectivity index (χ3v) is 6.97. The molecule has 2 heterocycles. The molecule has 35 heavy (non-hydrogen) atoms. The van der Waals surface area contributed by atoms with Crippen molar-refractivity contribution in [2.75, 3.05) is 11.1 Å². The first-order valence-electron chi connectivity index (χ1n) is 11.3. The van der Waals surface area contributed by atoms with Gasteiger partial charge in [0.1, 0.15) is 16.6 Å². The van der Waals surface area contributed by atoms with Crippen molar-refractivity contribution >= 4 is 23.4 Å². The van der Waals surface area contributed by atoms with Crippen LogP contribution < -0.4 is 10.1 Å². The smallest absolute Gasteiger partial charge is 0.234 e. The maximum atomic E-state index is 13.5. The topological polar surface area (TPSA) is 64.1 Å². The van der Waals surface area contributed by atoms with Gasteiger partial charge in [-0.25, -0.2) is 9.37 Å². The molecule has 1 aliphatic heterocycles. The van der Waals surface area contributed by atoms with Crippen LogP contribution in [-0.4, -0.2) is 21.6 Å². The van der Waals surface area contributed by atoms with Crippen molar-refractivity contribution in [3.8, 4) is 23.0 Å². The zero-order valence-electron chi connectivity index (χ0n) is 19.7. The van der Waals surface area contributed by atoms with Crippen LogP contribution in [0.2, 0.25) is 0 Å². The molecule has 0 radical (unpaired) electrons. The van der Waals surface area contributed by atoms with E-state index >= 15 is 0 Å². The van der Waals surface area contributed by atoms with Crippen molar-refractivity contribution < 1.29 is 13.9 Å². The number of aromatic nitrogens is 2. The molecule has 176 valence electrons. The molecule has 7 heteroatoms. The van der Waals surface area contributed by atoms with Crippen LogP contribution in [0.4, 0.5) is 10.1 Å². The summed E-state index contributed by atoms with van der Waals surface area (Å²) in [5, 5.41) is 3.64. The number of fused-ring (bicyclic) bond motifs is 2. The van der Waals surface area contributed by atoms with Crippen molar-refractivity contribution in [2.45, 2.75) is 32.2 Å². The van der Waals surface area contributed by atoms with Crippen LogP contribution >= 0.6 is 11.8 Å². The molecule has 1 N–H and O–H groups in total. The van der Waals surface area contributed by atoms with E-state index in [1.54, 1.807) is 12.1 Å². The van der Waals surface area contributed by atoms with Crippen LogP contribution in [0.1, 0.15) is 27.8 Å². The highest BCUT2D eigenvalue weighted by atomic mass is 32.2. The minimum atomic E-state index is -0.329. The van der Waals surface area contributed by atoms with E-state index in [0.717, 1.165) is 33.7 Å². The number of benzene rings is 3. The number of nitrogens with zero attached hydrogens (tertiary/aromatic N) is 2. The fraction of sp³-hybridized carbons (Fsp3) is 0.179. The predicted molar refractivity (Wildman–Crippen MR) is 137 cm³/mol. The van der Waals surface area contributed by atoms with Gasteiger partial charge in [0.2, 0.25) is 11.8 Å². The number of anilines is 1. The summed E-state index contributed by atoms with van der Waals surface area (Å²) in [7, 11) is 0. The Balaban J connectivity index is 1.44. The summed E-state index contributed by atoms with van der Waals surface area (Å²) in [5.41, 5.74) is 6.78. The van der Waals surface area contributed by atoms with Gasteiger partial charge in [0.05, 0.1) is 11.3 Å². The normalized spacial score (nSPS) is 11.9. The van der Waals surface area contributed by atoms with Gasteiger partial charge in [-0.3, -0.25) is 4.79 Å². The predicted octanol–water partition coefficient (Wildman–Crippen LogP) is 6.64. The lowest BCUT2D eigenvalue weighted by Crippen LogP contribution is -2.15. The van der Waals surface area contributed by atoms with E-state index in [1.807, 2.05) is 51.1 Å². The zero-order valence-corrected chi connectivity index (χ0v) is 20.5. The fourth-order valence-electron chi connectivity index (χ4n) is 3.92. The third-order valence-electron chi connectivity index (χ3n) is 5.95. The third kappa shape index (κ3) is 5.05. The first kappa shape index (κ1) is 23.1. The molecule has 3 aromatic carbocycles. The first-order valence-corrected chi connectivity index (χ1v) is 12.3. The summed E-state index contributed by atoms with van der Waals surface area (Å²) in [5.74, 6) is 1.38. The van der Waals surface area contributed by atoms with Gasteiger partial charge < -0.3 is 10.1 Å². The molecule has 0 aliphatic carbocycles. The minimum absolute atomic E-state index is 0.123. The highest BCUT2D eigenvalue weighted by Gasteiger charge is 2.25. The number of amides is 1. The highest BCUT2D eigenvalue weighted by Crippen LogP contribution is 2.40. The SMILES string of the molecule is Cc1ccc2c(c1)Cc1c(nc(-c3ccc(F)cc3)nc1SCC(=O)Nc1ccc(C)c(C)c1)O2. The standard InChI is InChI=1S/C28H24FN3O2S/c1-16-4-11-24-20(12-16)14-23-27(34-24)31-26(19-6-8-21(29)9-7-19)32-28(23)35-15-25(33)30-22-10-5-17(2)18(3)13-22/h4-13H,14-15H2,1-3H3,(H,30,33). The van der Waals surface area contributed by atoms with Crippen LogP contribution in [0.5, 0.6) is 11.6 Å². The van der Waals surface area contributed by atoms with Crippen LogP contribution in [0.3, 0.4) is 0 Å². The first-order chi connectivity index (χ1) is 16.9. The lowest BCUT2D eigenvalue weighted by molar-refractivity contribution is -0.113. The van der Waals surface area contributed by atoms with E-state index in [4.69, 9.17) is 9.72 Å². The Morgan fingerprint density at radius 2 is 1.80 bits per heavy atom. The second kappa shape index (κ2) is 9.50. The largest absolute Gasteiger partial charge is 0.438 e. The van der Waals surface area contributed by atoms with Gasteiger partial charge in [0, 0.05) is 17.7 Å². The summed E-state index contributed by atoms with van der Waals surface area (Å²) in [4.78, 5) is 22.1. The van der Waals surface area contributed by atoms with E-state index in [-0.39, 0.29) is 17.5 Å². The van der Waals surface area contributed by atoms with Crippen LogP contribution in [-0.2, 0) is 11.2 Å². The molecule has 1 amide bonds. The van der Waals surface area contributed by atoms with E-state index in [0.29, 0.717) is 28.7 Å². The minimum Gasteiger partial charge on any atom is -0.438 e. The second-order valence-corrected chi connectivity index (χ2v) is 9.63. The van der Waals surface area contributed by atoms with Crippen LogP contribution in [0.15, 0.2) is 65.7 Å².